The highest BCUT2D eigenvalue weighted by atomic mass is 35.5. The van der Waals surface area contributed by atoms with Gasteiger partial charge in [0.1, 0.15) is 0 Å². The van der Waals surface area contributed by atoms with Gasteiger partial charge < -0.3 is 15.0 Å². The van der Waals surface area contributed by atoms with Gasteiger partial charge in [0.25, 0.3) is 0 Å². The Morgan fingerprint density at radius 1 is 1.50 bits per heavy atom. The lowest BCUT2D eigenvalue weighted by molar-refractivity contribution is 0.109. The van der Waals surface area contributed by atoms with Crippen LogP contribution in [0.5, 0.6) is 0 Å². The normalized spacial score (nSPS) is 14.2. The van der Waals surface area contributed by atoms with E-state index in [0.717, 1.165) is 18.1 Å². The Morgan fingerprint density at radius 2 is 2.25 bits per heavy atom. The summed E-state index contributed by atoms with van der Waals surface area (Å²) >= 11 is 6.15. The molecule has 0 aliphatic heterocycles. The lowest BCUT2D eigenvalue weighted by atomic mass is 10.2. The molecule has 4 nitrogen and oxygen atoms in total. The Labute approximate surface area is 125 Å². The molecule has 2 amide bonds. The number of urea groups is 1. The third-order valence-electron chi connectivity index (χ3n) is 3.40. The number of hydrogen-bond acceptors (Lipinski definition) is 2. The maximum atomic E-state index is 12.0. The molecule has 0 bridgehead atoms. The number of nitrogens with zero attached hydrogens (tertiary/aromatic N) is 1. The Kier molecular flexibility index (Phi) is 5.26. The van der Waals surface area contributed by atoms with Crippen molar-refractivity contribution < 1.29 is 9.53 Å². The van der Waals surface area contributed by atoms with Crippen LogP contribution in [0.15, 0.2) is 18.2 Å². The summed E-state index contributed by atoms with van der Waals surface area (Å²) < 4.78 is 5.52. The second-order valence-corrected chi connectivity index (χ2v) is 5.68. The molecule has 1 aromatic rings. The molecule has 0 spiro atoms. The molecular weight excluding hydrogens is 276 g/mol. The topological polar surface area (TPSA) is 41.6 Å². The first-order valence-electron chi connectivity index (χ1n) is 6.93. The Hall–Kier alpha value is -1.26. The van der Waals surface area contributed by atoms with Crippen molar-refractivity contribution in [3.8, 4) is 0 Å². The first-order chi connectivity index (χ1) is 9.58. The third kappa shape index (κ3) is 4.39. The monoisotopic (exact) mass is 296 g/mol. The first kappa shape index (κ1) is 15.1. The summed E-state index contributed by atoms with van der Waals surface area (Å²) in [4.78, 5) is 13.6. The lowest BCUT2D eigenvalue weighted by Gasteiger charge is -2.18. The molecule has 1 saturated carbocycles. The highest BCUT2D eigenvalue weighted by Gasteiger charge is 2.21. The van der Waals surface area contributed by atoms with Crippen LogP contribution in [0.25, 0.3) is 0 Å². The van der Waals surface area contributed by atoms with E-state index in [1.54, 1.807) is 18.0 Å². The van der Waals surface area contributed by atoms with Crippen LogP contribution in [-0.4, -0.2) is 37.7 Å². The standard InChI is InChI=1S/C15H21ClN2O2/c1-11-4-3-5-13(14(11)16)17-15(19)18(2)8-9-20-10-12-6-7-12/h3-5,12H,6-10H2,1-2H3,(H,17,19). The first-order valence-corrected chi connectivity index (χ1v) is 7.30. The minimum Gasteiger partial charge on any atom is -0.379 e. The Morgan fingerprint density at radius 3 is 2.95 bits per heavy atom. The zero-order valence-corrected chi connectivity index (χ0v) is 12.7. The van der Waals surface area contributed by atoms with Crippen LogP contribution < -0.4 is 5.32 Å². The molecule has 1 aromatic carbocycles. The van der Waals surface area contributed by atoms with Crippen LogP contribution in [0.2, 0.25) is 5.02 Å². The van der Waals surface area contributed by atoms with Crippen molar-refractivity contribution in [3.05, 3.63) is 28.8 Å². The second-order valence-electron chi connectivity index (χ2n) is 5.31. The van der Waals surface area contributed by atoms with E-state index >= 15 is 0 Å². The van der Waals surface area contributed by atoms with Gasteiger partial charge in [-0.1, -0.05) is 23.7 Å². The van der Waals surface area contributed by atoms with Gasteiger partial charge in [0.2, 0.25) is 0 Å². The van der Waals surface area contributed by atoms with Gasteiger partial charge in [-0.05, 0) is 37.3 Å². The molecule has 0 heterocycles. The second kappa shape index (κ2) is 6.95. The fourth-order valence-corrected chi connectivity index (χ4v) is 1.97. The smallest absolute Gasteiger partial charge is 0.321 e. The largest absolute Gasteiger partial charge is 0.379 e. The van der Waals surface area contributed by atoms with Crippen LogP contribution >= 0.6 is 11.6 Å². The number of nitrogens with one attached hydrogen (secondary N) is 1. The number of halogens is 1. The molecule has 5 heteroatoms. The molecule has 2 rings (SSSR count). The number of hydrogen-bond donors (Lipinski definition) is 1. The van der Waals surface area contributed by atoms with Gasteiger partial charge in [-0.25, -0.2) is 4.79 Å². The molecule has 20 heavy (non-hydrogen) atoms. The molecule has 110 valence electrons. The fraction of sp³-hybridized carbons (Fsp3) is 0.533. The fourth-order valence-electron chi connectivity index (χ4n) is 1.79. The molecular formula is C15H21ClN2O2. The summed E-state index contributed by atoms with van der Waals surface area (Å²) in [5.74, 6) is 0.750. The van der Waals surface area contributed by atoms with Gasteiger partial charge in [-0.15, -0.1) is 0 Å². The number of carbonyl (C=O) groups is 1. The Balaban J connectivity index is 1.76. The van der Waals surface area contributed by atoms with E-state index in [0.29, 0.717) is 23.9 Å². The summed E-state index contributed by atoms with van der Waals surface area (Å²) in [5, 5.41) is 3.39. The summed E-state index contributed by atoms with van der Waals surface area (Å²) in [7, 11) is 1.75. The molecule has 0 aromatic heterocycles. The minimum absolute atomic E-state index is 0.174. The van der Waals surface area contributed by atoms with Crippen molar-refractivity contribution in [2.45, 2.75) is 19.8 Å². The number of amides is 2. The predicted octanol–water partition coefficient (Wildman–Crippen LogP) is 3.54. The van der Waals surface area contributed by atoms with Gasteiger partial charge in [-0.2, -0.15) is 0 Å². The molecule has 0 atom stereocenters. The van der Waals surface area contributed by atoms with Crippen LogP contribution in [0.1, 0.15) is 18.4 Å². The molecule has 1 aliphatic carbocycles. The molecule has 0 saturated heterocycles. The van der Waals surface area contributed by atoms with Gasteiger partial charge in [0.05, 0.1) is 17.3 Å². The van der Waals surface area contributed by atoms with Crippen molar-refractivity contribution in [2.24, 2.45) is 5.92 Å². The van der Waals surface area contributed by atoms with Crippen LogP contribution in [-0.2, 0) is 4.74 Å². The van der Waals surface area contributed by atoms with Crippen LogP contribution in [0.3, 0.4) is 0 Å². The maximum Gasteiger partial charge on any atom is 0.321 e. The SMILES string of the molecule is Cc1cccc(NC(=O)N(C)CCOCC2CC2)c1Cl. The summed E-state index contributed by atoms with van der Waals surface area (Å²) in [6.07, 6.45) is 2.56. The van der Waals surface area contributed by atoms with Gasteiger partial charge in [0, 0.05) is 20.2 Å². The molecule has 1 aliphatic rings. The number of carbonyl (C=O) groups excluding carboxylic acids is 1. The molecule has 0 unspecified atom stereocenters. The molecule has 0 radical (unpaired) electrons. The number of rotatable bonds is 6. The lowest BCUT2D eigenvalue weighted by Crippen LogP contribution is -2.34. The third-order valence-corrected chi connectivity index (χ3v) is 3.90. The number of aryl methyl sites for hydroxylation is 1. The predicted molar refractivity (Wildman–Crippen MR) is 81.4 cm³/mol. The quantitative estimate of drug-likeness (QED) is 0.816. The van der Waals surface area contributed by atoms with Crippen LogP contribution in [0.4, 0.5) is 10.5 Å². The van der Waals surface area contributed by atoms with Crippen LogP contribution in [0, 0.1) is 12.8 Å². The van der Waals surface area contributed by atoms with E-state index < -0.39 is 0 Å². The average molecular weight is 297 g/mol. The van der Waals surface area contributed by atoms with E-state index in [4.69, 9.17) is 16.3 Å². The van der Waals surface area contributed by atoms with Crippen molar-refractivity contribution in [2.75, 3.05) is 32.1 Å². The van der Waals surface area contributed by atoms with Gasteiger partial charge in [-0.3, -0.25) is 0 Å². The van der Waals surface area contributed by atoms with Crippen molar-refractivity contribution >= 4 is 23.3 Å². The number of benzene rings is 1. The van der Waals surface area contributed by atoms with Crippen molar-refractivity contribution in [1.82, 2.24) is 4.90 Å². The number of ether oxygens (including phenoxy) is 1. The van der Waals surface area contributed by atoms with Crippen molar-refractivity contribution in [3.63, 3.8) is 0 Å². The van der Waals surface area contributed by atoms with E-state index in [9.17, 15) is 4.79 Å². The van der Waals surface area contributed by atoms with Gasteiger partial charge in [0.15, 0.2) is 0 Å². The zero-order valence-electron chi connectivity index (χ0n) is 12.0. The molecule has 1 fully saturated rings. The number of likely N-dealkylation sites (N-methyl/N-ethyl adjacent to an activating group) is 1. The summed E-state index contributed by atoms with van der Waals surface area (Å²) in [5.41, 5.74) is 1.59. The highest BCUT2D eigenvalue weighted by Crippen LogP contribution is 2.28. The highest BCUT2D eigenvalue weighted by molar-refractivity contribution is 6.34. The summed E-state index contributed by atoms with van der Waals surface area (Å²) in [6.45, 7) is 3.87. The minimum atomic E-state index is -0.174. The average Bonchev–Trinajstić information content (AvgIpc) is 3.24. The maximum absolute atomic E-state index is 12.0. The van der Waals surface area contributed by atoms with E-state index in [2.05, 4.69) is 5.32 Å². The number of anilines is 1. The summed E-state index contributed by atoms with van der Waals surface area (Å²) in [6, 6.07) is 5.40. The van der Waals surface area contributed by atoms with Gasteiger partial charge >= 0.3 is 6.03 Å². The van der Waals surface area contributed by atoms with E-state index in [-0.39, 0.29) is 6.03 Å². The molecule has 1 N–H and O–H groups in total. The van der Waals surface area contributed by atoms with E-state index in [1.807, 2.05) is 19.1 Å². The Bertz CT molecular complexity index is 475. The van der Waals surface area contributed by atoms with Crippen molar-refractivity contribution in [1.29, 1.82) is 0 Å². The van der Waals surface area contributed by atoms with E-state index in [1.165, 1.54) is 12.8 Å². The zero-order chi connectivity index (χ0) is 14.5.